The summed E-state index contributed by atoms with van der Waals surface area (Å²) in [4.78, 5) is 41.8. The van der Waals surface area contributed by atoms with E-state index >= 15 is 0 Å². The van der Waals surface area contributed by atoms with Crippen molar-refractivity contribution in [3.05, 3.63) is 77.4 Å². The molecule has 0 amide bonds. The molecule has 1 saturated carbocycles. The first kappa shape index (κ1) is 20.1. The van der Waals surface area contributed by atoms with Gasteiger partial charge in [-0.05, 0) is 28.7 Å². The highest BCUT2D eigenvalue weighted by molar-refractivity contribution is 6.02. The van der Waals surface area contributed by atoms with Gasteiger partial charge in [-0.1, -0.05) is 37.3 Å². The van der Waals surface area contributed by atoms with E-state index < -0.39 is 17.3 Å². The maximum Gasteiger partial charge on any atom is 0.307 e. The summed E-state index contributed by atoms with van der Waals surface area (Å²) in [5.74, 6) is -1.73. The Morgan fingerprint density at radius 1 is 1.18 bits per heavy atom. The van der Waals surface area contributed by atoms with Crippen molar-refractivity contribution >= 4 is 28.3 Å². The molecule has 0 bridgehead atoms. The zero-order chi connectivity index (χ0) is 22.9. The molecule has 33 heavy (non-hydrogen) atoms. The molecule has 6 rings (SSSR count). The van der Waals surface area contributed by atoms with E-state index in [1.165, 1.54) is 0 Å². The van der Waals surface area contributed by atoms with Crippen LogP contribution < -0.4 is 0 Å². The van der Waals surface area contributed by atoms with Gasteiger partial charge >= 0.3 is 5.97 Å². The van der Waals surface area contributed by atoms with E-state index in [0.29, 0.717) is 17.8 Å². The molecule has 5 atom stereocenters. The Balaban J connectivity index is 1.42. The number of pyridine rings is 1. The van der Waals surface area contributed by atoms with Gasteiger partial charge in [0.2, 0.25) is 0 Å². The van der Waals surface area contributed by atoms with Crippen LogP contribution >= 0.6 is 0 Å². The van der Waals surface area contributed by atoms with Gasteiger partial charge in [0.15, 0.2) is 5.78 Å². The van der Waals surface area contributed by atoms with E-state index in [9.17, 15) is 19.5 Å². The van der Waals surface area contributed by atoms with Gasteiger partial charge in [-0.2, -0.15) is 0 Å². The highest BCUT2D eigenvalue weighted by atomic mass is 16.5. The maximum atomic E-state index is 13.5. The van der Waals surface area contributed by atoms with Gasteiger partial charge in [-0.15, -0.1) is 0 Å². The second-order valence-electron chi connectivity index (χ2n) is 9.74. The van der Waals surface area contributed by atoms with Gasteiger partial charge in [0.25, 0.3) is 0 Å². The zero-order valence-electron chi connectivity index (χ0n) is 18.2. The third-order valence-electron chi connectivity index (χ3n) is 7.91. The van der Waals surface area contributed by atoms with Crippen molar-refractivity contribution in [2.75, 3.05) is 0 Å². The molecule has 1 aromatic heterocycles. The van der Waals surface area contributed by atoms with E-state index in [-0.39, 0.29) is 42.3 Å². The molecule has 0 radical (unpaired) electrons. The number of fused-ring (bicyclic) bond motifs is 4. The number of carboxylic acid groups (broad SMARTS) is 1. The highest BCUT2D eigenvalue weighted by Crippen LogP contribution is 2.58. The minimum atomic E-state index is -0.983. The molecule has 1 fully saturated rings. The summed E-state index contributed by atoms with van der Waals surface area (Å²) in [7, 11) is 0. The van der Waals surface area contributed by atoms with Gasteiger partial charge in [-0.3, -0.25) is 19.4 Å². The Bertz CT molecular complexity index is 1330. The van der Waals surface area contributed by atoms with Crippen molar-refractivity contribution in [2.24, 2.45) is 17.3 Å². The Morgan fingerprint density at radius 3 is 2.85 bits per heavy atom. The summed E-state index contributed by atoms with van der Waals surface area (Å²) in [6.45, 7) is 2.11. The number of rotatable bonds is 2. The monoisotopic (exact) mass is 441 g/mol. The lowest BCUT2D eigenvalue weighted by molar-refractivity contribution is -0.144. The fraction of sp³-hybridized carbons (Fsp3) is 0.333. The van der Waals surface area contributed by atoms with E-state index in [1.807, 2.05) is 42.6 Å². The normalized spacial score (nSPS) is 32.7. The number of ketones is 2. The van der Waals surface area contributed by atoms with Crippen LogP contribution in [0.4, 0.5) is 0 Å². The Labute approximate surface area is 190 Å². The summed E-state index contributed by atoms with van der Waals surface area (Å²) in [5.41, 5.74) is 1.90. The molecule has 6 nitrogen and oxygen atoms in total. The van der Waals surface area contributed by atoms with Crippen LogP contribution in [0.25, 0.3) is 10.8 Å². The highest BCUT2D eigenvalue weighted by Gasteiger charge is 2.57. The third-order valence-corrected chi connectivity index (χ3v) is 7.91. The van der Waals surface area contributed by atoms with Crippen LogP contribution in [0.15, 0.2) is 71.8 Å². The smallest absolute Gasteiger partial charge is 0.307 e. The number of nitrogens with zero attached hydrogens (tertiary/aromatic N) is 1. The number of carbonyl (C=O) groups is 3. The Morgan fingerprint density at radius 2 is 2.03 bits per heavy atom. The van der Waals surface area contributed by atoms with E-state index in [2.05, 4.69) is 18.0 Å². The standard InChI is InChI=1S/C27H23NO5/c1-27-7-5-14-9-19-21(29)10-16(26(31)32)11-23(19)33-25(14)20(27)12-22(30)24(27)18-4-2-3-15-13-28-8-6-17(15)18/h2-9,13,16,20,24-25H,10-12H2,1H3,(H,31,32)/t16?,20-,24-,25?,27-/m0/s1. The zero-order valence-corrected chi connectivity index (χ0v) is 18.2. The Hall–Kier alpha value is -3.54. The molecule has 1 aromatic carbocycles. The van der Waals surface area contributed by atoms with Crippen molar-refractivity contribution in [2.45, 2.75) is 38.2 Å². The van der Waals surface area contributed by atoms with Crippen LogP contribution in [0.2, 0.25) is 0 Å². The minimum Gasteiger partial charge on any atom is -0.489 e. The van der Waals surface area contributed by atoms with Crippen molar-refractivity contribution < 1.29 is 24.2 Å². The summed E-state index contributed by atoms with van der Waals surface area (Å²) in [6, 6.07) is 7.95. The number of benzene rings is 1. The van der Waals surface area contributed by atoms with Crippen LogP contribution in [0.3, 0.4) is 0 Å². The first-order valence-corrected chi connectivity index (χ1v) is 11.3. The molecule has 1 aliphatic heterocycles. The van der Waals surface area contributed by atoms with Crippen LogP contribution in [0.5, 0.6) is 0 Å². The molecule has 166 valence electrons. The number of allylic oxidation sites excluding steroid dienone is 4. The van der Waals surface area contributed by atoms with Gasteiger partial charge in [0, 0.05) is 48.4 Å². The number of carboxylic acids is 1. The van der Waals surface area contributed by atoms with Crippen LogP contribution in [-0.4, -0.2) is 33.7 Å². The molecular formula is C27H23NO5. The first-order chi connectivity index (χ1) is 15.9. The molecule has 2 unspecified atom stereocenters. The van der Waals surface area contributed by atoms with E-state index in [4.69, 9.17) is 4.74 Å². The molecular weight excluding hydrogens is 418 g/mol. The van der Waals surface area contributed by atoms with Gasteiger partial charge in [0.1, 0.15) is 17.6 Å². The van der Waals surface area contributed by atoms with Gasteiger partial charge in [0.05, 0.1) is 17.4 Å². The number of ether oxygens (including phenoxy) is 1. The van der Waals surface area contributed by atoms with Gasteiger partial charge < -0.3 is 9.84 Å². The molecule has 6 heteroatoms. The van der Waals surface area contributed by atoms with Crippen molar-refractivity contribution in [3.8, 4) is 0 Å². The molecule has 1 N–H and O–H groups in total. The summed E-state index contributed by atoms with van der Waals surface area (Å²) >= 11 is 0. The topological polar surface area (TPSA) is 93.6 Å². The lowest BCUT2D eigenvalue weighted by atomic mass is 9.64. The number of hydrogen-bond donors (Lipinski definition) is 1. The largest absolute Gasteiger partial charge is 0.489 e. The number of aliphatic carboxylic acids is 1. The number of aromatic nitrogens is 1. The number of carbonyl (C=O) groups excluding carboxylic acids is 2. The van der Waals surface area contributed by atoms with E-state index in [0.717, 1.165) is 21.9 Å². The van der Waals surface area contributed by atoms with Crippen LogP contribution in [0.1, 0.15) is 37.7 Å². The molecule has 0 saturated heterocycles. The fourth-order valence-electron chi connectivity index (χ4n) is 6.22. The summed E-state index contributed by atoms with van der Waals surface area (Å²) in [5, 5.41) is 11.5. The maximum absolute atomic E-state index is 13.5. The van der Waals surface area contributed by atoms with Crippen LogP contribution in [0, 0.1) is 17.3 Å². The van der Waals surface area contributed by atoms with Crippen LogP contribution in [-0.2, 0) is 19.1 Å². The average molecular weight is 441 g/mol. The average Bonchev–Trinajstić information content (AvgIpc) is 3.08. The molecule has 2 heterocycles. The predicted octanol–water partition coefficient (Wildman–Crippen LogP) is 4.13. The lowest BCUT2D eigenvalue weighted by Gasteiger charge is -2.44. The molecule has 4 aliphatic rings. The number of Topliss-reactive ketones (excluding diaryl/α,β-unsaturated/α-hetero) is 2. The third kappa shape index (κ3) is 2.86. The number of hydrogen-bond acceptors (Lipinski definition) is 5. The molecule has 3 aliphatic carbocycles. The van der Waals surface area contributed by atoms with Gasteiger partial charge in [-0.25, -0.2) is 0 Å². The lowest BCUT2D eigenvalue weighted by Crippen LogP contribution is -2.41. The quantitative estimate of drug-likeness (QED) is 0.753. The van der Waals surface area contributed by atoms with Crippen molar-refractivity contribution in [1.82, 2.24) is 4.98 Å². The first-order valence-electron chi connectivity index (χ1n) is 11.3. The predicted molar refractivity (Wildman–Crippen MR) is 120 cm³/mol. The minimum absolute atomic E-state index is 0.00662. The summed E-state index contributed by atoms with van der Waals surface area (Å²) in [6.07, 6.45) is 9.70. The SMILES string of the molecule is C[C@]12C=CC3=CC4=C(CC(C(=O)O)CC4=O)OC3[C@@H]1CC(=O)[C@@H]2c1cccc2cnccc12. The molecule has 0 spiro atoms. The Kier molecular flexibility index (Phi) is 4.25. The second kappa shape index (κ2) is 6.98. The van der Waals surface area contributed by atoms with Crippen molar-refractivity contribution in [1.29, 1.82) is 0 Å². The van der Waals surface area contributed by atoms with E-state index in [1.54, 1.807) is 6.20 Å². The fourth-order valence-corrected chi connectivity index (χ4v) is 6.22. The summed E-state index contributed by atoms with van der Waals surface area (Å²) < 4.78 is 6.36. The molecule has 2 aromatic rings. The van der Waals surface area contributed by atoms with Crippen molar-refractivity contribution in [3.63, 3.8) is 0 Å². The second-order valence-corrected chi connectivity index (χ2v) is 9.74.